The molecule has 152 valence electrons. The first-order valence-electron chi connectivity index (χ1n) is 13.0. The van der Waals surface area contributed by atoms with Crippen LogP contribution in [0.25, 0.3) is 0 Å². The van der Waals surface area contributed by atoms with E-state index in [0.717, 1.165) is 11.3 Å². The predicted molar refractivity (Wildman–Crippen MR) is 119 cm³/mol. The maximum atomic E-state index is 12.4. The number of thiazole rings is 1. The van der Waals surface area contributed by atoms with Gasteiger partial charge in [-0.3, -0.25) is 4.79 Å². The summed E-state index contributed by atoms with van der Waals surface area (Å²) in [5, 5.41) is 14.6. The highest BCUT2D eigenvalue weighted by atomic mass is 32.1. The molecule has 0 radical (unpaired) electrons. The summed E-state index contributed by atoms with van der Waals surface area (Å²) in [5.41, 5.74) is 6.41. The zero-order valence-corrected chi connectivity index (χ0v) is 16.7. The number of aryl methyl sites for hydroxylation is 1. The second kappa shape index (κ2) is 10.2. The average molecular weight is 418 g/mol. The topological polar surface area (TPSA) is 88.2 Å². The van der Waals surface area contributed by atoms with E-state index in [1.165, 1.54) is 24.4 Å². The molecule has 1 heterocycles. The number of rotatable bonds is 9. The van der Waals surface area contributed by atoms with E-state index in [0.29, 0.717) is 11.3 Å². The highest BCUT2D eigenvalue weighted by Crippen LogP contribution is 2.21. The van der Waals surface area contributed by atoms with Crippen LogP contribution in [0.2, 0.25) is 0 Å². The Labute approximate surface area is 186 Å². The fraction of sp³-hybridized carbons (Fsp3) is 0.304. The number of aliphatic hydroxyl groups excluding tert-OH is 1. The quantitative estimate of drug-likeness (QED) is 0.472. The van der Waals surface area contributed by atoms with Gasteiger partial charge in [0.05, 0.1) is 23.7 Å². The van der Waals surface area contributed by atoms with E-state index in [9.17, 15) is 9.90 Å². The number of hydrogen-bond acceptors (Lipinski definition) is 5. The first kappa shape index (κ1) is 12.8. The molecule has 29 heavy (non-hydrogen) atoms. The Hall–Kier alpha value is -2.70. The summed E-state index contributed by atoms with van der Waals surface area (Å²) in [4.78, 5) is 16.3. The molecule has 0 saturated carbocycles. The maximum Gasteiger partial charge on any atom is 0.230 e. The lowest BCUT2D eigenvalue weighted by Crippen LogP contribution is -2.14. The molecule has 6 heteroatoms. The van der Waals surface area contributed by atoms with Crippen molar-refractivity contribution in [3.05, 3.63) is 76.2 Å². The van der Waals surface area contributed by atoms with Crippen LogP contribution >= 0.6 is 11.3 Å². The number of amides is 1. The van der Waals surface area contributed by atoms with Gasteiger partial charge in [0.1, 0.15) is 0 Å². The van der Waals surface area contributed by atoms with Crippen molar-refractivity contribution in [2.45, 2.75) is 45.0 Å². The Morgan fingerprint density at radius 2 is 2.03 bits per heavy atom. The lowest BCUT2D eigenvalue weighted by Gasteiger charge is -2.11. The number of aliphatic hydroxyl groups is 1. The molecule has 0 aliphatic carbocycles. The van der Waals surface area contributed by atoms with E-state index in [4.69, 9.17) is 16.7 Å². The van der Waals surface area contributed by atoms with E-state index in [1.807, 2.05) is 0 Å². The number of nitrogen functional groups attached to an aromatic ring is 1. The molecular formula is C23H27N3O2S. The summed E-state index contributed by atoms with van der Waals surface area (Å²) in [5.74, 6) is -0.917. The molecule has 4 N–H and O–H groups in total. The largest absolute Gasteiger partial charge is 0.388 e. The summed E-state index contributed by atoms with van der Waals surface area (Å²) in [6.45, 7) is 1.47. The van der Waals surface area contributed by atoms with Crippen molar-refractivity contribution in [3.63, 3.8) is 0 Å². The summed E-state index contributed by atoms with van der Waals surface area (Å²) < 4.78 is 64.7. The van der Waals surface area contributed by atoms with Crippen molar-refractivity contribution in [3.8, 4) is 0 Å². The van der Waals surface area contributed by atoms with Gasteiger partial charge in [-0.05, 0) is 49.4 Å². The molecule has 5 nitrogen and oxygen atoms in total. The van der Waals surface area contributed by atoms with Crippen LogP contribution in [0.15, 0.2) is 53.8 Å². The fourth-order valence-corrected chi connectivity index (χ4v) is 2.99. The fourth-order valence-electron chi connectivity index (χ4n) is 2.50. The second-order valence-corrected chi connectivity index (χ2v) is 7.26. The molecule has 0 fully saturated rings. The standard InChI is InChI=1S/C23H27N3O2S/c1-16-6-10-18(11-7-16)21(27)5-3-2-4-17-8-12-19(13-9-17)25-22(28)14-20-15-29-23(24)26-20/h6-13,15,21,27H,2-5,14H2,1H3,(H2,24,26)(H,25,28)/t21-/m0/s1/i2D2,6D,7D,10D,11D,14D2. The van der Waals surface area contributed by atoms with Gasteiger partial charge in [-0.2, -0.15) is 0 Å². The number of carbonyl (C=O) groups excluding carboxylic acids is 1. The number of nitrogens with zero attached hydrogens (tertiary/aromatic N) is 1. The summed E-state index contributed by atoms with van der Waals surface area (Å²) in [6, 6.07) is 5.15. The number of nitrogens with one attached hydrogen (secondary N) is 1. The molecule has 1 amide bonds. The summed E-state index contributed by atoms with van der Waals surface area (Å²) in [6.07, 6.45) is -5.72. The molecule has 0 spiro atoms. The molecule has 0 aliphatic heterocycles. The van der Waals surface area contributed by atoms with Crippen LogP contribution in [-0.2, 0) is 17.6 Å². The third-order valence-electron chi connectivity index (χ3n) is 4.00. The van der Waals surface area contributed by atoms with E-state index >= 15 is 0 Å². The van der Waals surface area contributed by atoms with Crippen LogP contribution in [0.4, 0.5) is 10.8 Å². The summed E-state index contributed by atoms with van der Waals surface area (Å²) >= 11 is 1.03. The monoisotopic (exact) mass is 417 g/mol. The van der Waals surface area contributed by atoms with Crippen LogP contribution in [0.3, 0.4) is 0 Å². The smallest absolute Gasteiger partial charge is 0.230 e. The van der Waals surface area contributed by atoms with Gasteiger partial charge in [-0.25, -0.2) is 4.98 Å². The molecule has 0 aliphatic rings. The minimum Gasteiger partial charge on any atom is -0.388 e. The Bertz CT molecular complexity index is 1270. The van der Waals surface area contributed by atoms with Gasteiger partial charge in [0.15, 0.2) is 5.13 Å². The van der Waals surface area contributed by atoms with Crippen LogP contribution in [0.5, 0.6) is 0 Å². The highest BCUT2D eigenvalue weighted by molar-refractivity contribution is 7.13. The van der Waals surface area contributed by atoms with Crippen molar-refractivity contribution in [2.24, 2.45) is 0 Å². The molecule has 0 bridgehead atoms. The van der Waals surface area contributed by atoms with Crippen LogP contribution in [0, 0.1) is 6.92 Å². The Morgan fingerprint density at radius 1 is 1.31 bits per heavy atom. The predicted octanol–water partition coefficient (Wildman–Crippen LogP) is 4.66. The van der Waals surface area contributed by atoms with Gasteiger partial charge in [-0.15, -0.1) is 11.3 Å². The minimum absolute atomic E-state index is 0.0182. The SMILES string of the molecule is [2H]c1c([2H])c([C@@H](O)CCC([2H])([2H])Cc2ccc(NC(=O)C([2H])([2H])c3csc(N)n3)cc2)c([2H])c([2H])c1C. The first-order valence-corrected chi connectivity index (χ1v) is 9.89. The number of aromatic nitrogens is 1. The summed E-state index contributed by atoms with van der Waals surface area (Å²) in [7, 11) is 0. The first-order chi connectivity index (χ1) is 17.1. The third kappa shape index (κ3) is 6.69. The van der Waals surface area contributed by atoms with Crippen LogP contribution < -0.4 is 11.1 Å². The Kier molecular flexibility index (Phi) is 4.49. The third-order valence-corrected chi connectivity index (χ3v) is 4.68. The number of nitrogens with two attached hydrogens (primary N) is 1. The van der Waals surface area contributed by atoms with Gasteiger partial charge in [0.25, 0.3) is 0 Å². The van der Waals surface area contributed by atoms with Gasteiger partial charge in [0.2, 0.25) is 5.91 Å². The zero-order chi connectivity index (χ0) is 27.7. The van der Waals surface area contributed by atoms with E-state index in [1.54, 1.807) is 12.1 Å². The molecular weight excluding hydrogens is 382 g/mol. The van der Waals surface area contributed by atoms with Crippen LogP contribution in [-0.4, -0.2) is 16.0 Å². The van der Waals surface area contributed by atoms with Crippen LogP contribution in [0.1, 0.15) is 58.7 Å². The van der Waals surface area contributed by atoms with Crippen molar-refractivity contribution < 1.29 is 20.9 Å². The van der Waals surface area contributed by atoms with E-state index in [2.05, 4.69) is 10.3 Å². The normalized spacial score (nSPS) is 16.9. The number of hydrogen-bond donors (Lipinski definition) is 3. The Morgan fingerprint density at radius 3 is 2.69 bits per heavy atom. The van der Waals surface area contributed by atoms with Gasteiger partial charge >= 0.3 is 0 Å². The van der Waals surface area contributed by atoms with Gasteiger partial charge in [-0.1, -0.05) is 48.3 Å². The Balaban J connectivity index is 1.62. The van der Waals surface area contributed by atoms with Crippen molar-refractivity contribution in [1.82, 2.24) is 4.98 Å². The van der Waals surface area contributed by atoms with Crippen molar-refractivity contribution >= 4 is 28.1 Å². The molecule has 0 saturated heterocycles. The van der Waals surface area contributed by atoms with E-state index < -0.39 is 24.8 Å². The average Bonchev–Trinajstić information content (AvgIpc) is 3.28. The maximum absolute atomic E-state index is 12.4. The molecule has 3 aromatic rings. The zero-order valence-electron chi connectivity index (χ0n) is 23.9. The number of anilines is 2. The molecule has 1 atom stereocenters. The van der Waals surface area contributed by atoms with Gasteiger partial charge in [0, 0.05) is 16.6 Å². The van der Waals surface area contributed by atoms with Gasteiger partial charge < -0.3 is 16.2 Å². The lowest BCUT2D eigenvalue weighted by molar-refractivity contribution is -0.115. The lowest BCUT2D eigenvalue weighted by atomic mass is 10.0. The van der Waals surface area contributed by atoms with E-state index in [-0.39, 0.29) is 65.4 Å². The number of benzene rings is 2. The molecule has 2 aromatic carbocycles. The number of carbonyl (C=O) groups is 1. The second-order valence-electron chi connectivity index (χ2n) is 6.37. The van der Waals surface area contributed by atoms with Crippen molar-refractivity contribution in [2.75, 3.05) is 11.1 Å². The van der Waals surface area contributed by atoms with Crippen molar-refractivity contribution in [1.29, 1.82) is 0 Å². The highest BCUT2D eigenvalue weighted by Gasteiger charge is 2.08. The molecule has 3 rings (SSSR count). The minimum atomic E-state index is -2.39. The molecule has 1 aromatic heterocycles. The molecule has 0 unspecified atom stereocenters.